The Labute approximate surface area is 216 Å². The second-order valence-electron chi connectivity index (χ2n) is 9.19. The molecule has 188 valence electrons. The molecule has 0 N–H and O–H groups in total. The molecule has 8 nitrogen and oxygen atoms in total. The number of aryl methyl sites for hydroxylation is 2. The summed E-state index contributed by atoms with van der Waals surface area (Å²) >= 11 is 1.48. The molecule has 1 fully saturated rings. The molecule has 0 spiro atoms. The maximum atomic E-state index is 13.7. The summed E-state index contributed by atoms with van der Waals surface area (Å²) in [5.41, 5.74) is 3.98. The molecular formula is C25H32ClN5O3S. The Morgan fingerprint density at radius 1 is 1.11 bits per heavy atom. The van der Waals surface area contributed by atoms with Crippen molar-refractivity contribution in [1.82, 2.24) is 9.88 Å². The molecule has 1 aromatic heterocycles. The number of likely N-dealkylation sites (N-methyl/N-ethyl adjacent to an activating group) is 1. The first-order chi connectivity index (χ1) is 16.2. The Balaban J connectivity index is 0.00000342. The van der Waals surface area contributed by atoms with Crippen molar-refractivity contribution in [2.45, 2.75) is 33.1 Å². The van der Waals surface area contributed by atoms with E-state index in [4.69, 9.17) is 4.98 Å². The number of carbonyl (C=O) groups excluding carboxylic acids is 1. The van der Waals surface area contributed by atoms with E-state index in [2.05, 4.69) is 17.0 Å². The van der Waals surface area contributed by atoms with Crippen molar-refractivity contribution in [3.63, 3.8) is 0 Å². The first kappa shape index (κ1) is 26.8. The van der Waals surface area contributed by atoms with Crippen LogP contribution in [0, 0.1) is 24.0 Å². The summed E-state index contributed by atoms with van der Waals surface area (Å²) in [4.78, 5) is 35.7. The van der Waals surface area contributed by atoms with Crippen molar-refractivity contribution >= 4 is 56.4 Å². The number of rotatable bonds is 7. The summed E-state index contributed by atoms with van der Waals surface area (Å²) < 4.78 is 1.03. The van der Waals surface area contributed by atoms with Crippen LogP contribution in [0.3, 0.4) is 0 Å². The molecule has 3 aromatic rings. The average Bonchev–Trinajstić information content (AvgIpc) is 3.23. The van der Waals surface area contributed by atoms with Crippen LogP contribution in [0.4, 0.5) is 16.5 Å². The number of hydrogen-bond acceptors (Lipinski definition) is 7. The standard InChI is InChI=1S/C25H31N5O3S.ClH/c1-17-14-18(2)23-22(15-17)34-25(26-23)29(13-12-27(3)4)24(31)19-8-9-20(21(16-19)30(32)33)28-10-6-5-7-11-28;/h8-9,14-16H,5-7,10-13H2,1-4H3;1H. The molecular weight excluding hydrogens is 486 g/mol. The van der Waals surface area contributed by atoms with E-state index in [0.29, 0.717) is 29.5 Å². The maximum absolute atomic E-state index is 13.7. The fraction of sp³-hybridized carbons (Fsp3) is 0.440. The van der Waals surface area contributed by atoms with E-state index in [-0.39, 0.29) is 28.9 Å². The number of carbonyl (C=O) groups is 1. The van der Waals surface area contributed by atoms with E-state index in [1.807, 2.05) is 32.8 Å². The normalized spacial score (nSPS) is 13.7. The molecule has 2 heterocycles. The van der Waals surface area contributed by atoms with E-state index in [0.717, 1.165) is 53.7 Å². The molecule has 0 aliphatic carbocycles. The highest BCUT2D eigenvalue weighted by molar-refractivity contribution is 7.22. The first-order valence-electron chi connectivity index (χ1n) is 11.6. The van der Waals surface area contributed by atoms with E-state index in [9.17, 15) is 14.9 Å². The molecule has 1 saturated heterocycles. The summed E-state index contributed by atoms with van der Waals surface area (Å²) in [5, 5.41) is 12.5. The van der Waals surface area contributed by atoms with Crippen molar-refractivity contribution in [3.8, 4) is 0 Å². The summed E-state index contributed by atoms with van der Waals surface area (Å²) in [6, 6.07) is 9.03. The van der Waals surface area contributed by atoms with Crippen LogP contribution in [0.25, 0.3) is 10.2 Å². The van der Waals surface area contributed by atoms with Crippen LogP contribution in [-0.2, 0) is 0 Å². The van der Waals surface area contributed by atoms with Crippen LogP contribution >= 0.6 is 23.7 Å². The molecule has 0 atom stereocenters. The van der Waals surface area contributed by atoms with Gasteiger partial charge in [0, 0.05) is 37.8 Å². The predicted octanol–water partition coefficient (Wildman–Crippen LogP) is 5.44. The number of halogens is 1. The highest BCUT2D eigenvalue weighted by atomic mass is 35.5. The highest BCUT2D eigenvalue weighted by Crippen LogP contribution is 2.35. The smallest absolute Gasteiger partial charge is 0.293 e. The number of thiazole rings is 1. The SMILES string of the molecule is Cc1cc(C)c2nc(N(CCN(C)C)C(=O)c3ccc(N4CCCCC4)c([N+](=O)[O-])c3)sc2c1.Cl. The fourth-order valence-electron chi connectivity index (χ4n) is 4.42. The molecule has 0 saturated carbocycles. The molecule has 35 heavy (non-hydrogen) atoms. The van der Waals surface area contributed by atoms with Crippen LogP contribution in [0.15, 0.2) is 30.3 Å². The van der Waals surface area contributed by atoms with Gasteiger partial charge in [0.1, 0.15) is 5.69 Å². The minimum absolute atomic E-state index is 0. The van der Waals surface area contributed by atoms with Gasteiger partial charge in [0.25, 0.3) is 11.6 Å². The van der Waals surface area contributed by atoms with Gasteiger partial charge in [0.05, 0.1) is 15.1 Å². The summed E-state index contributed by atoms with van der Waals surface area (Å²) in [6.45, 7) is 6.75. The summed E-state index contributed by atoms with van der Waals surface area (Å²) in [7, 11) is 3.90. The lowest BCUT2D eigenvalue weighted by atomic mass is 10.1. The van der Waals surface area contributed by atoms with Crippen molar-refractivity contribution in [2.75, 3.05) is 50.1 Å². The number of piperidine rings is 1. The average molecular weight is 518 g/mol. The minimum Gasteiger partial charge on any atom is -0.366 e. The minimum atomic E-state index is -0.380. The number of hydrogen-bond donors (Lipinski definition) is 0. The van der Waals surface area contributed by atoms with Gasteiger partial charge in [0.15, 0.2) is 5.13 Å². The molecule has 10 heteroatoms. The number of amides is 1. The molecule has 2 aromatic carbocycles. The third-order valence-corrected chi connectivity index (χ3v) is 7.21. The van der Waals surface area contributed by atoms with Gasteiger partial charge in [-0.2, -0.15) is 0 Å². The monoisotopic (exact) mass is 517 g/mol. The van der Waals surface area contributed by atoms with Crippen LogP contribution < -0.4 is 9.80 Å². The summed E-state index contributed by atoms with van der Waals surface area (Å²) in [6.07, 6.45) is 3.18. The quantitative estimate of drug-likeness (QED) is 0.306. The highest BCUT2D eigenvalue weighted by Gasteiger charge is 2.27. The third-order valence-electron chi connectivity index (χ3n) is 6.18. The van der Waals surface area contributed by atoms with Crippen LogP contribution in [0.2, 0.25) is 0 Å². The number of nitro groups is 1. The van der Waals surface area contributed by atoms with Gasteiger partial charge in [-0.1, -0.05) is 17.4 Å². The van der Waals surface area contributed by atoms with Crippen molar-refractivity contribution < 1.29 is 9.72 Å². The molecule has 0 bridgehead atoms. The molecule has 1 aliphatic rings. The second kappa shape index (κ2) is 11.3. The van der Waals surface area contributed by atoms with Gasteiger partial charge in [-0.25, -0.2) is 4.98 Å². The van der Waals surface area contributed by atoms with Crippen molar-refractivity contribution in [2.24, 2.45) is 0 Å². The predicted molar refractivity (Wildman–Crippen MR) is 146 cm³/mol. The van der Waals surface area contributed by atoms with Gasteiger partial charge in [-0.3, -0.25) is 19.8 Å². The Morgan fingerprint density at radius 2 is 1.83 bits per heavy atom. The first-order valence-corrected chi connectivity index (χ1v) is 12.4. The van der Waals surface area contributed by atoms with Gasteiger partial charge in [-0.05, 0) is 76.5 Å². The maximum Gasteiger partial charge on any atom is 0.293 e. The van der Waals surface area contributed by atoms with Gasteiger partial charge in [-0.15, -0.1) is 12.4 Å². The second-order valence-corrected chi connectivity index (χ2v) is 10.2. The van der Waals surface area contributed by atoms with Gasteiger partial charge < -0.3 is 9.80 Å². The van der Waals surface area contributed by atoms with Crippen molar-refractivity contribution in [3.05, 3.63) is 57.1 Å². The number of nitro benzene ring substituents is 1. The largest absolute Gasteiger partial charge is 0.366 e. The molecule has 0 unspecified atom stereocenters. The third kappa shape index (κ3) is 5.91. The number of aromatic nitrogens is 1. The lowest BCUT2D eigenvalue weighted by Crippen LogP contribution is -2.37. The lowest BCUT2D eigenvalue weighted by Gasteiger charge is -2.28. The molecule has 1 aliphatic heterocycles. The lowest BCUT2D eigenvalue weighted by molar-refractivity contribution is -0.384. The Morgan fingerprint density at radius 3 is 2.49 bits per heavy atom. The summed E-state index contributed by atoms with van der Waals surface area (Å²) in [5.74, 6) is -0.274. The number of fused-ring (bicyclic) bond motifs is 1. The Kier molecular flexibility index (Phi) is 8.69. The van der Waals surface area contributed by atoms with E-state index in [1.54, 1.807) is 17.0 Å². The molecule has 0 radical (unpaired) electrons. The molecule has 1 amide bonds. The van der Waals surface area contributed by atoms with E-state index >= 15 is 0 Å². The molecule has 4 rings (SSSR count). The van der Waals surface area contributed by atoms with Crippen LogP contribution in [0.5, 0.6) is 0 Å². The zero-order valence-electron chi connectivity index (χ0n) is 20.6. The number of nitrogens with zero attached hydrogens (tertiary/aromatic N) is 5. The van der Waals surface area contributed by atoms with Crippen LogP contribution in [0.1, 0.15) is 40.7 Å². The zero-order chi connectivity index (χ0) is 24.4. The Hall–Kier alpha value is -2.75. The van der Waals surface area contributed by atoms with Crippen LogP contribution in [-0.4, -0.2) is 61.0 Å². The topological polar surface area (TPSA) is 82.8 Å². The van der Waals surface area contributed by atoms with E-state index < -0.39 is 0 Å². The zero-order valence-corrected chi connectivity index (χ0v) is 22.2. The van der Waals surface area contributed by atoms with E-state index in [1.165, 1.54) is 17.4 Å². The fourth-order valence-corrected chi connectivity index (χ4v) is 5.59. The van der Waals surface area contributed by atoms with Crippen molar-refractivity contribution in [1.29, 1.82) is 0 Å². The number of benzene rings is 2. The number of anilines is 2. The Bertz CT molecular complexity index is 1220. The van der Waals surface area contributed by atoms with Gasteiger partial charge >= 0.3 is 0 Å². The van der Waals surface area contributed by atoms with Gasteiger partial charge in [0.2, 0.25) is 0 Å².